The van der Waals surface area contributed by atoms with E-state index in [1.807, 2.05) is 16.0 Å². The van der Waals surface area contributed by atoms with Crippen LogP contribution in [-0.4, -0.2) is 207 Å². The number of carboxylic acid groups (broad SMARTS) is 2. The van der Waals surface area contributed by atoms with Gasteiger partial charge in [0.05, 0.1) is 39.1 Å². The quantitative estimate of drug-likeness (QED) is 0.0120. The first-order valence-corrected chi connectivity index (χ1v) is 23.8. The van der Waals surface area contributed by atoms with Gasteiger partial charge in [-0.05, 0) is 39.5 Å². The van der Waals surface area contributed by atoms with Gasteiger partial charge in [-0.15, -0.1) is 0 Å². The summed E-state index contributed by atoms with van der Waals surface area (Å²) >= 11 is 8.22. The van der Waals surface area contributed by atoms with Crippen LogP contribution < -0.4 is 81.8 Å². The number of aliphatic imine (C=N–C) groups is 2. The first-order valence-electron chi connectivity index (χ1n) is 22.7. The van der Waals surface area contributed by atoms with Gasteiger partial charge in [-0.1, -0.05) is 0 Å². The molecular weight excluding hydrogens is 1050 g/mol. The largest absolute Gasteiger partial charge is 0.481 e. The van der Waals surface area contributed by atoms with Gasteiger partial charge in [0.15, 0.2) is 11.9 Å². The molecular formula is C40H69N17O17S2. The number of thiol groups is 2. The van der Waals surface area contributed by atoms with Crippen LogP contribution in [0.25, 0.3) is 0 Å². The summed E-state index contributed by atoms with van der Waals surface area (Å²) in [5.41, 5.74) is 26.7. The second-order valence-electron chi connectivity index (χ2n) is 16.8. The number of aliphatic hydroxyl groups excluding tert-OH is 2. The maximum absolute atomic E-state index is 13.4. The number of nitrogens with one attached hydrogen (secondary N) is 10. The van der Waals surface area contributed by atoms with Crippen LogP contribution in [0.15, 0.2) is 9.98 Å². The lowest BCUT2D eigenvalue weighted by molar-refractivity contribution is -0.141. The van der Waals surface area contributed by atoms with Crippen molar-refractivity contribution in [1.82, 2.24) is 53.2 Å². The maximum atomic E-state index is 13.4. The average Bonchev–Trinajstić information content (AvgIpc) is 3.31. The second-order valence-corrected chi connectivity index (χ2v) is 18.3. The van der Waals surface area contributed by atoms with Crippen molar-refractivity contribution in [3.63, 3.8) is 0 Å². The Balaban J connectivity index is 6.15. The number of nitrogens with two attached hydrogens (primary N) is 5. The average molecular weight is 1120 g/mol. The SMILES string of the molecule is CC(=O)N[C@@H](CS)C(=O)N[C@@H](CCCN=C(N)N)C(=O)NCC(=O)N[C@@H](CC(=O)O)C(=O)N[C@@H](CO)C(=O)N[C@@H](CCCN=C(N)N)C(=O)NCC(=O)N[C@@H](CC(=O)O)C(=O)N[C@@H](CO)C(=O)N[C@H](C(N)=O)C(C)(C)S. The van der Waals surface area contributed by atoms with Gasteiger partial charge in [0.2, 0.25) is 65.0 Å². The lowest BCUT2D eigenvalue weighted by Gasteiger charge is -2.29. The van der Waals surface area contributed by atoms with E-state index < -0.39 is 169 Å². The number of carboxylic acids is 2. The van der Waals surface area contributed by atoms with Crippen molar-refractivity contribution in [2.24, 2.45) is 38.7 Å². The Morgan fingerprint density at radius 3 is 1.14 bits per heavy atom. The predicted molar refractivity (Wildman–Crippen MR) is 272 cm³/mol. The van der Waals surface area contributed by atoms with Crippen LogP contribution in [0.3, 0.4) is 0 Å². The summed E-state index contributed by atoms with van der Waals surface area (Å²) < 4.78 is -1.22. The van der Waals surface area contributed by atoms with Gasteiger partial charge in [-0.25, -0.2) is 0 Å². The first kappa shape index (κ1) is 68.3. The van der Waals surface area contributed by atoms with E-state index in [9.17, 15) is 82.8 Å². The second kappa shape index (κ2) is 34.7. The molecule has 0 aromatic carbocycles. The van der Waals surface area contributed by atoms with Gasteiger partial charge < -0.3 is 102 Å². The molecule has 428 valence electrons. The van der Waals surface area contributed by atoms with E-state index in [1.54, 1.807) is 0 Å². The number of aliphatic hydroxyl groups is 2. The van der Waals surface area contributed by atoms with Crippen molar-refractivity contribution in [2.75, 3.05) is 45.1 Å². The Morgan fingerprint density at radius 2 is 0.842 bits per heavy atom. The minimum absolute atomic E-state index is 0.0242. The van der Waals surface area contributed by atoms with E-state index in [4.69, 9.17) is 28.7 Å². The van der Waals surface area contributed by atoms with E-state index in [2.05, 4.69) is 72.5 Å². The number of amides is 11. The highest BCUT2D eigenvalue weighted by Gasteiger charge is 2.36. The van der Waals surface area contributed by atoms with Crippen LogP contribution in [0.5, 0.6) is 0 Å². The summed E-state index contributed by atoms with van der Waals surface area (Å²) in [5, 5.41) is 60.6. The van der Waals surface area contributed by atoms with Crippen LogP contribution in [0.1, 0.15) is 59.3 Å². The molecule has 0 radical (unpaired) electrons. The fraction of sp³-hybridized carbons (Fsp3) is 0.625. The van der Waals surface area contributed by atoms with Crippen LogP contribution >= 0.6 is 25.3 Å². The zero-order chi connectivity index (χ0) is 58.5. The Morgan fingerprint density at radius 1 is 0.500 bits per heavy atom. The normalized spacial score (nSPS) is 14.0. The molecule has 0 heterocycles. The van der Waals surface area contributed by atoms with E-state index >= 15 is 0 Å². The van der Waals surface area contributed by atoms with Crippen molar-refractivity contribution < 1.29 is 82.8 Å². The number of aliphatic carboxylic acids is 2. The summed E-state index contributed by atoms with van der Waals surface area (Å²) in [6.45, 7) is -0.256. The summed E-state index contributed by atoms with van der Waals surface area (Å²) in [7, 11) is 0. The minimum Gasteiger partial charge on any atom is -0.481 e. The Labute approximate surface area is 445 Å². The number of nitrogens with zero attached hydrogens (tertiary/aromatic N) is 2. The summed E-state index contributed by atoms with van der Waals surface area (Å²) in [4.78, 5) is 172. The van der Waals surface area contributed by atoms with Gasteiger partial charge >= 0.3 is 11.9 Å². The minimum atomic E-state index is -1.97. The van der Waals surface area contributed by atoms with E-state index in [0.29, 0.717) is 0 Å². The van der Waals surface area contributed by atoms with Crippen molar-refractivity contribution >= 4 is 114 Å². The number of carbonyl (C=O) groups excluding carboxylic acids is 11. The highest BCUT2D eigenvalue weighted by Crippen LogP contribution is 2.17. The Kier molecular flexibility index (Phi) is 31.2. The molecule has 0 aliphatic carbocycles. The van der Waals surface area contributed by atoms with Crippen LogP contribution in [0.4, 0.5) is 0 Å². The molecule has 0 rings (SSSR count). The fourth-order valence-corrected chi connectivity index (χ4v) is 6.59. The van der Waals surface area contributed by atoms with Crippen LogP contribution in [0, 0.1) is 0 Å². The molecule has 76 heavy (non-hydrogen) atoms. The number of carbonyl (C=O) groups is 13. The molecule has 0 aliphatic rings. The van der Waals surface area contributed by atoms with E-state index in [1.165, 1.54) is 13.8 Å². The summed E-state index contributed by atoms with van der Waals surface area (Å²) in [6.07, 6.45) is -2.50. The van der Waals surface area contributed by atoms with Gasteiger partial charge in [0.1, 0.15) is 48.3 Å². The maximum Gasteiger partial charge on any atom is 0.305 e. The van der Waals surface area contributed by atoms with Crippen LogP contribution in [0.2, 0.25) is 0 Å². The molecule has 34 nitrogen and oxygen atoms in total. The number of hydrogen-bond acceptors (Lipinski definition) is 19. The van der Waals surface area contributed by atoms with Gasteiger partial charge in [-0.2, -0.15) is 25.3 Å². The molecule has 0 bridgehead atoms. The topological polar surface area (TPSA) is 578 Å². The van der Waals surface area contributed by atoms with Crippen molar-refractivity contribution in [3.8, 4) is 0 Å². The number of primary amides is 1. The third-order valence-electron chi connectivity index (χ3n) is 9.85. The molecule has 8 atom stereocenters. The van der Waals surface area contributed by atoms with Crippen LogP contribution in [-0.2, 0) is 62.3 Å². The molecule has 0 spiro atoms. The Hall–Kier alpha value is -7.73. The van der Waals surface area contributed by atoms with E-state index in [-0.39, 0.29) is 56.4 Å². The highest BCUT2D eigenvalue weighted by molar-refractivity contribution is 7.81. The van der Waals surface area contributed by atoms with Gasteiger partial charge in [0, 0.05) is 30.5 Å². The zero-order valence-electron chi connectivity index (χ0n) is 41.6. The Bertz CT molecular complexity index is 2160. The number of hydrogen-bond donors (Lipinski definition) is 21. The fourth-order valence-electron chi connectivity index (χ4n) is 6.14. The zero-order valence-corrected chi connectivity index (χ0v) is 43.4. The monoisotopic (exact) mass is 1120 g/mol. The molecule has 24 N–H and O–H groups in total. The van der Waals surface area contributed by atoms with Crippen molar-refractivity contribution in [1.29, 1.82) is 0 Å². The molecule has 0 aromatic heterocycles. The number of guanidine groups is 2. The standard InChI is InChI=1S/C40H69N17O17S2/c1-17(60)50-24(16-75)37(74)54-19(7-5-9-47-39(44)45)32(69)49-13-26(62)51-20(10-27(63)64)33(70)55-22(14-58)35(72)53-18(6-4-8-46-38(42)43)31(68)48-12-25(61)52-21(11-28(65)66)34(71)56-23(15-59)36(73)57-29(30(41)67)40(2,3)76/h18-24,29,58-59,75-76H,4-16H2,1-3H3,(H2,41,67)(H,48,68)(H,49,69)(H,50,60)(H,51,62)(H,52,61)(H,53,72)(H,54,74)(H,55,70)(H,56,71)(H,57,73)(H,63,64)(H,65,66)(H4,42,43,46)(H4,44,45,47)/t18-,19-,20-,21-,22-,23-,24-,29+/m0/s1. The predicted octanol–water partition coefficient (Wildman–Crippen LogP) is -10.7. The summed E-state index contributed by atoms with van der Waals surface area (Å²) in [6, 6.07) is -13.2. The third kappa shape index (κ3) is 28.1. The van der Waals surface area contributed by atoms with Crippen molar-refractivity contribution in [3.05, 3.63) is 0 Å². The lowest BCUT2D eigenvalue weighted by Crippen LogP contribution is -2.61. The summed E-state index contributed by atoms with van der Waals surface area (Å²) in [5.74, 6) is -15.9. The molecule has 0 aromatic rings. The van der Waals surface area contributed by atoms with Crippen molar-refractivity contribution in [2.45, 2.75) is 112 Å². The van der Waals surface area contributed by atoms with Gasteiger partial charge in [-0.3, -0.25) is 72.3 Å². The molecule has 0 saturated carbocycles. The molecule has 0 saturated heterocycles. The molecule has 36 heteroatoms. The first-order chi connectivity index (χ1) is 35.4. The van der Waals surface area contributed by atoms with E-state index in [0.717, 1.165) is 6.92 Å². The highest BCUT2D eigenvalue weighted by atomic mass is 32.1. The molecule has 0 unspecified atom stereocenters. The third-order valence-corrected chi connectivity index (χ3v) is 10.5. The molecule has 0 aliphatic heterocycles. The molecule has 11 amide bonds. The molecule has 0 fully saturated rings. The lowest BCUT2D eigenvalue weighted by atomic mass is 10.0. The smallest absolute Gasteiger partial charge is 0.305 e. The number of rotatable bonds is 36. The van der Waals surface area contributed by atoms with Gasteiger partial charge in [0.25, 0.3) is 0 Å².